The Labute approximate surface area is 272 Å². The van der Waals surface area contributed by atoms with E-state index in [9.17, 15) is 14.4 Å². The Morgan fingerprint density at radius 3 is 2.07 bits per heavy atom. The molecule has 0 bridgehead atoms. The number of carbonyl (C=O) groups excluding carboxylic acids is 3. The number of hydrogen-bond donors (Lipinski definition) is 3. The van der Waals surface area contributed by atoms with Crippen molar-refractivity contribution in [3.05, 3.63) is 150 Å². The quantitative estimate of drug-likeness (QED) is 0.0966. The number of thioether (sulfide) groups is 1. The first-order valence-corrected chi connectivity index (χ1v) is 15.8. The van der Waals surface area contributed by atoms with Gasteiger partial charge in [0.2, 0.25) is 5.91 Å². The third kappa shape index (κ3) is 9.20. The van der Waals surface area contributed by atoms with Crippen LogP contribution in [-0.4, -0.2) is 30.1 Å². The minimum absolute atomic E-state index is 0.0918. The van der Waals surface area contributed by atoms with E-state index in [4.69, 9.17) is 4.74 Å². The summed E-state index contributed by atoms with van der Waals surface area (Å²) in [6, 6.07) is 40.9. The van der Waals surface area contributed by atoms with Crippen LogP contribution in [0.3, 0.4) is 0 Å². The van der Waals surface area contributed by atoms with Crippen molar-refractivity contribution >= 4 is 46.9 Å². The fourth-order valence-corrected chi connectivity index (χ4v) is 5.28. The van der Waals surface area contributed by atoms with Crippen LogP contribution in [0.25, 0.3) is 17.2 Å². The van der Waals surface area contributed by atoms with E-state index in [1.165, 1.54) is 11.8 Å². The van der Waals surface area contributed by atoms with Crippen molar-refractivity contribution in [2.75, 3.05) is 23.0 Å². The van der Waals surface area contributed by atoms with E-state index in [0.29, 0.717) is 23.5 Å². The topological polar surface area (TPSA) is 96.5 Å². The smallest absolute Gasteiger partial charge is 0.272 e. The van der Waals surface area contributed by atoms with Crippen LogP contribution < -0.4 is 20.7 Å². The fourth-order valence-electron chi connectivity index (χ4n) is 4.52. The summed E-state index contributed by atoms with van der Waals surface area (Å²) >= 11 is 1.35. The molecule has 3 amide bonds. The van der Waals surface area contributed by atoms with Gasteiger partial charge in [0.15, 0.2) is 0 Å². The van der Waals surface area contributed by atoms with Crippen molar-refractivity contribution in [1.82, 2.24) is 5.32 Å². The van der Waals surface area contributed by atoms with Gasteiger partial charge in [-0.05, 0) is 84.3 Å². The zero-order valence-corrected chi connectivity index (χ0v) is 26.1. The van der Waals surface area contributed by atoms with E-state index in [2.05, 4.69) is 16.0 Å². The monoisotopic (exact) mass is 627 g/mol. The molecule has 5 rings (SSSR count). The van der Waals surface area contributed by atoms with Crippen LogP contribution in [0.5, 0.6) is 5.75 Å². The molecule has 0 heterocycles. The Hall–Kier alpha value is -5.60. The Kier molecular flexibility index (Phi) is 11.0. The molecule has 0 unspecified atom stereocenters. The molecule has 0 fully saturated rings. The van der Waals surface area contributed by atoms with Gasteiger partial charge in [-0.2, -0.15) is 0 Å². The van der Waals surface area contributed by atoms with Crippen molar-refractivity contribution in [3.63, 3.8) is 0 Å². The minimum atomic E-state index is -0.480. The third-order valence-corrected chi connectivity index (χ3v) is 7.76. The van der Waals surface area contributed by atoms with Gasteiger partial charge in [0.1, 0.15) is 11.4 Å². The summed E-state index contributed by atoms with van der Waals surface area (Å²) in [6.07, 6.45) is 1.65. The summed E-state index contributed by atoms with van der Waals surface area (Å²) in [5.74, 6) is -0.109. The molecule has 0 aliphatic heterocycles. The lowest BCUT2D eigenvalue weighted by molar-refractivity contribution is -0.114. The molecule has 0 saturated heterocycles. The van der Waals surface area contributed by atoms with Gasteiger partial charge < -0.3 is 20.7 Å². The minimum Gasteiger partial charge on any atom is -0.494 e. The second-order valence-electron chi connectivity index (χ2n) is 10.1. The van der Waals surface area contributed by atoms with Gasteiger partial charge in [0.25, 0.3) is 11.8 Å². The highest BCUT2D eigenvalue weighted by molar-refractivity contribution is 8.00. The van der Waals surface area contributed by atoms with Crippen molar-refractivity contribution in [2.45, 2.75) is 11.8 Å². The first kappa shape index (κ1) is 31.8. The summed E-state index contributed by atoms with van der Waals surface area (Å²) in [5.41, 5.74) is 4.61. The molecule has 0 atom stereocenters. The van der Waals surface area contributed by atoms with Gasteiger partial charge in [-0.25, -0.2) is 0 Å². The summed E-state index contributed by atoms with van der Waals surface area (Å²) in [4.78, 5) is 39.9. The summed E-state index contributed by atoms with van der Waals surface area (Å²) in [6.45, 7) is 2.49. The van der Waals surface area contributed by atoms with Gasteiger partial charge in [-0.3, -0.25) is 14.4 Å². The molecule has 0 aliphatic carbocycles. The highest BCUT2D eigenvalue weighted by Crippen LogP contribution is 2.24. The first-order valence-electron chi connectivity index (χ1n) is 14.8. The van der Waals surface area contributed by atoms with Crippen LogP contribution in [0, 0.1) is 0 Å². The van der Waals surface area contributed by atoms with Crippen LogP contribution in [0.1, 0.15) is 22.8 Å². The van der Waals surface area contributed by atoms with E-state index in [-0.39, 0.29) is 17.4 Å². The third-order valence-electron chi connectivity index (χ3n) is 6.77. The van der Waals surface area contributed by atoms with Crippen molar-refractivity contribution < 1.29 is 19.1 Å². The highest BCUT2D eigenvalue weighted by atomic mass is 32.2. The van der Waals surface area contributed by atoms with Gasteiger partial charge >= 0.3 is 0 Å². The van der Waals surface area contributed by atoms with E-state index in [0.717, 1.165) is 27.3 Å². The van der Waals surface area contributed by atoms with Crippen molar-refractivity contribution in [1.29, 1.82) is 0 Å². The lowest BCUT2D eigenvalue weighted by Crippen LogP contribution is -2.30. The average molecular weight is 628 g/mol. The SMILES string of the molecule is CCOc1ccc(NC(=O)CSc2cccc(NC(=O)/C(=C\c3ccc(-c4ccccc4)cc3)NC(=O)c3ccccc3)c2)cc1. The number of hydrogen-bond acceptors (Lipinski definition) is 5. The average Bonchev–Trinajstić information content (AvgIpc) is 3.09. The second-order valence-corrected chi connectivity index (χ2v) is 11.2. The first-order chi connectivity index (χ1) is 22.5. The normalized spacial score (nSPS) is 10.9. The number of nitrogens with one attached hydrogen (secondary N) is 3. The highest BCUT2D eigenvalue weighted by Gasteiger charge is 2.16. The van der Waals surface area contributed by atoms with Gasteiger partial charge in [0, 0.05) is 21.8 Å². The predicted molar refractivity (Wildman–Crippen MR) is 186 cm³/mol. The molecular formula is C38H33N3O4S. The number of amides is 3. The van der Waals surface area contributed by atoms with Crippen LogP contribution in [0.4, 0.5) is 11.4 Å². The van der Waals surface area contributed by atoms with Crippen LogP contribution in [-0.2, 0) is 9.59 Å². The van der Waals surface area contributed by atoms with Gasteiger partial charge in [0.05, 0.1) is 12.4 Å². The number of carbonyl (C=O) groups is 3. The van der Waals surface area contributed by atoms with Crippen LogP contribution >= 0.6 is 11.8 Å². The molecule has 0 spiro atoms. The molecule has 0 saturated carbocycles. The molecule has 230 valence electrons. The van der Waals surface area contributed by atoms with E-state index < -0.39 is 11.8 Å². The fraction of sp³-hybridized carbons (Fsp3) is 0.0789. The maximum atomic E-state index is 13.5. The molecule has 5 aromatic carbocycles. The Morgan fingerprint density at radius 1 is 0.696 bits per heavy atom. The molecule has 8 heteroatoms. The second kappa shape index (κ2) is 15.9. The molecular weight excluding hydrogens is 595 g/mol. The lowest BCUT2D eigenvalue weighted by atomic mass is 10.0. The summed E-state index contributed by atoms with van der Waals surface area (Å²) in [5, 5.41) is 8.55. The summed E-state index contributed by atoms with van der Waals surface area (Å²) < 4.78 is 5.44. The number of benzene rings is 5. The molecule has 0 aromatic heterocycles. The molecule has 7 nitrogen and oxygen atoms in total. The number of rotatable bonds is 12. The van der Waals surface area contributed by atoms with E-state index in [1.807, 2.05) is 85.8 Å². The maximum Gasteiger partial charge on any atom is 0.272 e. The number of anilines is 2. The van der Waals surface area contributed by atoms with E-state index >= 15 is 0 Å². The molecule has 0 aliphatic rings. The largest absolute Gasteiger partial charge is 0.494 e. The zero-order chi connectivity index (χ0) is 32.1. The standard InChI is InChI=1S/C38H33N3O4S/c1-2-45-33-22-20-31(21-23-33)39-36(42)26-46-34-15-9-14-32(25-34)40-38(44)35(41-37(43)30-12-7-4-8-13-30)24-27-16-18-29(19-17-27)28-10-5-3-6-11-28/h3-25H,2,26H2,1H3,(H,39,42)(H,40,44)(H,41,43)/b35-24+. The molecule has 0 radical (unpaired) electrons. The van der Waals surface area contributed by atoms with Crippen LogP contribution in [0.15, 0.2) is 144 Å². The van der Waals surface area contributed by atoms with Crippen LogP contribution in [0.2, 0.25) is 0 Å². The van der Waals surface area contributed by atoms with Crippen molar-refractivity contribution in [2.24, 2.45) is 0 Å². The Bertz CT molecular complexity index is 1810. The predicted octanol–water partition coefficient (Wildman–Crippen LogP) is 7.89. The Balaban J connectivity index is 1.27. The van der Waals surface area contributed by atoms with Gasteiger partial charge in [-0.1, -0.05) is 78.9 Å². The maximum absolute atomic E-state index is 13.5. The zero-order valence-electron chi connectivity index (χ0n) is 25.2. The Morgan fingerprint density at radius 2 is 1.37 bits per heavy atom. The van der Waals surface area contributed by atoms with E-state index in [1.54, 1.807) is 60.7 Å². The van der Waals surface area contributed by atoms with Gasteiger partial charge in [-0.15, -0.1) is 11.8 Å². The molecule has 5 aromatic rings. The molecule has 46 heavy (non-hydrogen) atoms. The molecule has 3 N–H and O–H groups in total. The number of ether oxygens (including phenoxy) is 1. The summed E-state index contributed by atoms with van der Waals surface area (Å²) in [7, 11) is 0. The van der Waals surface area contributed by atoms with Crippen molar-refractivity contribution in [3.8, 4) is 16.9 Å². The lowest BCUT2D eigenvalue weighted by Gasteiger charge is -2.12.